The maximum absolute atomic E-state index is 11.5. The second kappa shape index (κ2) is 2.48. The van der Waals surface area contributed by atoms with Crippen molar-refractivity contribution in [1.29, 1.82) is 0 Å². The minimum absolute atomic E-state index is 0.0577. The van der Waals surface area contributed by atoms with Gasteiger partial charge in [0, 0.05) is 11.5 Å². The molecule has 2 atom stereocenters. The van der Waals surface area contributed by atoms with Crippen LogP contribution in [-0.4, -0.2) is 11.4 Å². The number of nitrogens with one attached hydrogen (secondary N) is 1. The fourth-order valence-corrected chi connectivity index (χ4v) is 2.81. The van der Waals surface area contributed by atoms with E-state index in [-0.39, 0.29) is 5.54 Å². The topological polar surface area (TPSA) is 29.1 Å². The third-order valence-corrected chi connectivity index (χ3v) is 3.48. The van der Waals surface area contributed by atoms with Crippen molar-refractivity contribution < 1.29 is 4.79 Å². The third kappa shape index (κ3) is 1.05. The molecule has 2 heteroatoms. The third-order valence-electron chi connectivity index (χ3n) is 3.48. The number of amides is 1. The average molecular weight is 167 g/mol. The van der Waals surface area contributed by atoms with E-state index in [0.717, 1.165) is 6.42 Å². The molecule has 1 saturated heterocycles. The van der Waals surface area contributed by atoms with Crippen LogP contribution < -0.4 is 5.32 Å². The van der Waals surface area contributed by atoms with Gasteiger partial charge in [-0.1, -0.05) is 12.8 Å². The largest absolute Gasteiger partial charge is 0.351 e. The Morgan fingerprint density at radius 2 is 2.00 bits per heavy atom. The smallest absolute Gasteiger partial charge is 0.223 e. The molecular formula is C10H17NO. The molecule has 1 N–H and O–H groups in total. The Hall–Kier alpha value is -0.530. The molecule has 1 saturated carbocycles. The van der Waals surface area contributed by atoms with E-state index in [1.54, 1.807) is 0 Å². The van der Waals surface area contributed by atoms with Crippen LogP contribution in [-0.2, 0) is 4.79 Å². The summed E-state index contributed by atoms with van der Waals surface area (Å²) < 4.78 is 0. The van der Waals surface area contributed by atoms with Crippen LogP contribution in [0.1, 0.15) is 39.5 Å². The molecule has 0 bridgehead atoms. The van der Waals surface area contributed by atoms with Gasteiger partial charge in [0.05, 0.1) is 0 Å². The molecule has 12 heavy (non-hydrogen) atoms. The highest BCUT2D eigenvalue weighted by molar-refractivity contribution is 5.82. The van der Waals surface area contributed by atoms with Gasteiger partial charge in [-0.15, -0.1) is 0 Å². The van der Waals surface area contributed by atoms with Gasteiger partial charge in [0.25, 0.3) is 0 Å². The van der Waals surface area contributed by atoms with Crippen LogP contribution in [0.3, 0.4) is 0 Å². The van der Waals surface area contributed by atoms with E-state index >= 15 is 0 Å². The molecule has 1 aliphatic heterocycles. The zero-order chi connectivity index (χ0) is 8.77. The van der Waals surface area contributed by atoms with Crippen molar-refractivity contribution in [2.75, 3.05) is 0 Å². The van der Waals surface area contributed by atoms with E-state index in [0.29, 0.717) is 17.7 Å². The van der Waals surface area contributed by atoms with E-state index in [1.165, 1.54) is 19.3 Å². The summed E-state index contributed by atoms with van der Waals surface area (Å²) in [6.07, 6.45) is 4.89. The summed E-state index contributed by atoms with van der Waals surface area (Å²) in [5.41, 5.74) is 0.0577. The summed E-state index contributed by atoms with van der Waals surface area (Å²) in [7, 11) is 0. The Balaban J connectivity index is 2.22. The summed E-state index contributed by atoms with van der Waals surface area (Å²) in [6, 6.07) is 0. The predicted octanol–water partition coefficient (Wildman–Crippen LogP) is 1.70. The van der Waals surface area contributed by atoms with Crippen LogP contribution >= 0.6 is 0 Å². The Morgan fingerprint density at radius 1 is 1.33 bits per heavy atom. The van der Waals surface area contributed by atoms with Gasteiger partial charge in [-0.25, -0.2) is 0 Å². The molecule has 68 valence electrons. The first-order chi connectivity index (χ1) is 5.61. The molecule has 2 aliphatic rings. The predicted molar refractivity (Wildman–Crippen MR) is 47.7 cm³/mol. The highest BCUT2D eigenvalue weighted by Gasteiger charge is 2.47. The monoisotopic (exact) mass is 167 g/mol. The van der Waals surface area contributed by atoms with Crippen molar-refractivity contribution >= 4 is 5.91 Å². The molecule has 2 nitrogen and oxygen atoms in total. The molecular weight excluding hydrogens is 150 g/mol. The van der Waals surface area contributed by atoms with E-state index in [9.17, 15) is 4.79 Å². The van der Waals surface area contributed by atoms with Gasteiger partial charge in [0.2, 0.25) is 5.91 Å². The number of fused-ring (bicyclic) bond motifs is 1. The number of hydrogen-bond acceptors (Lipinski definition) is 1. The molecule has 2 unspecified atom stereocenters. The van der Waals surface area contributed by atoms with Crippen LogP contribution in [0.2, 0.25) is 0 Å². The Kier molecular flexibility index (Phi) is 1.67. The lowest BCUT2D eigenvalue weighted by Gasteiger charge is -2.31. The first-order valence-corrected chi connectivity index (χ1v) is 4.93. The summed E-state index contributed by atoms with van der Waals surface area (Å²) in [6.45, 7) is 4.31. The number of rotatable bonds is 0. The number of carbonyl (C=O) groups excluding carboxylic acids is 1. The van der Waals surface area contributed by atoms with Crippen LogP contribution in [0.15, 0.2) is 0 Å². The van der Waals surface area contributed by atoms with Crippen LogP contribution in [0.4, 0.5) is 0 Å². The van der Waals surface area contributed by atoms with Gasteiger partial charge in [-0.05, 0) is 32.6 Å². The second-order valence-corrected chi connectivity index (χ2v) is 4.71. The van der Waals surface area contributed by atoms with Crippen molar-refractivity contribution in [2.24, 2.45) is 11.8 Å². The second-order valence-electron chi connectivity index (χ2n) is 4.71. The van der Waals surface area contributed by atoms with Crippen molar-refractivity contribution in [3.8, 4) is 0 Å². The molecule has 1 heterocycles. The van der Waals surface area contributed by atoms with Crippen LogP contribution in [0, 0.1) is 11.8 Å². The van der Waals surface area contributed by atoms with Gasteiger partial charge >= 0.3 is 0 Å². The van der Waals surface area contributed by atoms with Crippen molar-refractivity contribution in [2.45, 2.75) is 45.1 Å². The molecule has 2 rings (SSSR count). The van der Waals surface area contributed by atoms with Gasteiger partial charge < -0.3 is 5.32 Å². The maximum atomic E-state index is 11.5. The number of carbonyl (C=O) groups is 1. The molecule has 0 radical (unpaired) electrons. The highest BCUT2D eigenvalue weighted by Crippen LogP contribution is 2.41. The average Bonchev–Trinajstić information content (AvgIpc) is 2.25. The van der Waals surface area contributed by atoms with Gasteiger partial charge in [0.15, 0.2) is 0 Å². The van der Waals surface area contributed by atoms with Gasteiger partial charge in [-0.3, -0.25) is 4.79 Å². The Labute approximate surface area is 73.7 Å². The summed E-state index contributed by atoms with van der Waals surface area (Å²) >= 11 is 0. The SMILES string of the molecule is CC1(C)NC(=O)C2CCCCC21. The van der Waals surface area contributed by atoms with E-state index < -0.39 is 0 Å². The lowest BCUT2D eigenvalue weighted by Crippen LogP contribution is -2.39. The van der Waals surface area contributed by atoms with E-state index in [2.05, 4.69) is 19.2 Å². The fraction of sp³-hybridized carbons (Fsp3) is 0.900. The first-order valence-electron chi connectivity index (χ1n) is 4.93. The maximum Gasteiger partial charge on any atom is 0.223 e. The van der Waals surface area contributed by atoms with Gasteiger partial charge in [-0.2, -0.15) is 0 Å². The first kappa shape index (κ1) is 8.09. The van der Waals surface area contributed by atoms with Crippen molar-refractivity contribution in [3.05, 3.63) is 0 Å². The van der Waals surface area contributed by atoms with Crippen LogP contribution in [0.25, 0.3) is 0 Å². The lowest BCUT2D eigenvalue weighted by atomic mass is 9.73. The van der Waals surface area contributed by atoms with Crippen molar-refractivity contribution in [1.82, 2.24) is 5.32 Å². The Morgan fingerprint density at radius 3 is 2.67 bits per heavy atom. The lowest BCUT2D eigenvalue weighted by molar-refractivity contribution is -0.123. The zero-order valence-corrected chi connectivity index (χ0v) is 7.89. The van der Waals surface area contributed by atoms with Crippen LogP contribution in [0.5, 0.6) is 0 Å². The zero-order valence-electron chi connectivity index (χ0n) is 7.89. The molecule has 1 aliphatic carbocycles. The Bertz CT molecular complexity index is 210. The van der Waals surface area contributed by atoms with E-state index in [4.69, 9.17) is 0 Å². The molecule has 0 aromatic rings. The minimum atomic E-state index is 0.0577. The molecule has 1 amide bonds. The fourth-order valence-electron chi connectivity index (χ4n) is 2.81. The molecule has 0 aromatic carbocycles. The molecule has 0 spiro atoms. The van der Waals surface area contributed by atoms with Crippen molar-refractivity contribution in [3.63, 3.8) is 0 Å². The summed E-state index contributed by atoms with van der Waals surface area (Å²) in [5.74, 6) is 1.22. The normalized spacial score (nSPS) is 39.0. The van der Waals surface area contributed by atoms with Gasteiger partial charge in [0.1, 0.15) is 0 Å². The highest BCUT2D eigenvalue weighted by atomic mass is 16.2. The summed E-state index contributed by atoms with van der Waals surface area (Å²) in [5, 5.41) is 3.10. The standard InChI is InChI=1S/C10H17NO/c1-10(2)8-6-4-3-5-7(8)9(12)11-10/h7-8H,3-6H2,1-2H3,(H,11,12). The van der Waals surface area contributed by atoms with E-state index in [1.807, 2.05) is 0 Å². The number of hydrogen-bond donors (Lipinski definition) is 1. The molecule has 0 aromatic heterocycles. The molecule has 2 fully saturated rings. The quantitative estimate of drug-likeness (QED) is 0.584. The minimum Gasteiger partial charge on any atom is -0.351 e. The summed E-state index contributed by atoms with van der Waals surface area (Å²) in [4.78, 5) is 11.5.